The van der Waals surface area contributed by atoms with Crippen molar-refractivity contribution < 1.29 is 14.3 Å². The van der Waals surface area contributed by atoms with Crippen LogP contribution in [0, 0.1) is 6.92 Å². The number of hydrogen-bond donors (Lipinski definition) is 0. The number of likely N-dealkylation sites (tertiary alicyclic amines) is 1. The first-order valence-electron chi connectivity index (χ1n) is 12.0. The molecule has 1 fully saturated rings. The maximum atomic E-state index is 12.4. The van der Waals surface area contributed by atoms with E-state index >= 15 is 0 Å². The number of aromatic nitrogens is 2. The number of pyridine rings is 2. The van der Waals surface area contributed by atoms with E-state index in [1.54, 1.807) is 18.5 Å². The first-order valence-corrected chi connectivity index (χ1v) is 12.3. The van der Waals surface area contributed by atoms with Gasteiger partial charge in [-0.25, -0.2) is 4.98 Å². The Kier molecular flexibility index (Phi) is 8.10. The number of fused-ring (bicyclic) bond motifs is 1. The van der Waals surface area contributed by atoms with Crippen molar-refractivity contribution in [3.05, 3.63) is 77.2 Å². The molecule has 0 unspecified atom stereocenters. The fraction of sp³-hybridized carbons (Fsp3) is 0.321. The fourth-order valence-corrected chi connectivity index (χ4v) is 4.53. The molecule has 1 aliphatic heterocycles. The van der Waals surface area contributed by atoms with Crippen LogP contribution >= 0.6 is 11.6 Å². The zero-order valence-corrected chi connectivity index (χ0v) is 21.7. The number of hydrogen-bond acceptors (Lipinski definition) is 6. The average molecular weight is 507 g/mol. The van der Waals surface area contributed by atoms with Crippen molar-refractivity contribution in [3.8, 4) is 11.5 Å². The molecule has 36 heavy (non-hydrogen) atoms. The molecule has 188 valence electrons. The van der Waals surface area contributed by atoms with Crippen LogP contribution in [-0.2, 0) is 11.4 Å². The van der Waals surface area contributed by atoms with Crippen LogP contribution in [0.4, 0.5) is 0 Å². The Balaban J connectivity index is 1.60. The highest BCUT2D eigenvalue weighted by atomic mass is 35.5. The Hall–Kier alpha value is -3.58. The maximum Gasteiger partial charge on any atom is 0.260 e. The molecule has 4 rings (SSSR count). The number of carbonyl (C=O) groups excluding carboxylic acids is 1. The van der Waals surface area contributed by atoms with Gasteiger partial charge in [0.25, 0.3) is 5.91 Å². The molecule has 0 aliphatic carbocycles. The zero-order valence-electron chi connectivity index (χ0n) is 21.0. The van der Waals surface area contributed by atoms with E-state index in [1.165, 1.54) is 0 Å². The van der Waals surface area contributed by atoms with Gasteiger partial charge < -0.3 is 19.3 Å². The second-order valence-electron chi connectivity index (χ2n) is 8.91. The van der Waals surface area contributed by atoms with Crippen LogP contribution in [0.15, 0.2) is 55.4 Å². The molecule has 3 aromatic rings. The lowest BCUT2D eigenvalue weighted by Crippen LogP contribution is -2.32. The number of rotatable bonds is 9. The van der Waals surface area contributed by atoms with E-state index in [4.69, 9.17) is 26.1 Å². The minimum atomic E-state index is -0.0592. The Morgan fingerprint density at radius 3 is 2.69 bits per heavy atom. The first kappa shape index (κ1) is 25.5. The van der Waals surface area contributed by atoms with Gasteiger partial charge in [-0.15, -0.1) is 0 Å². The lowest BCUT2D eigenvalue weighted by atomic mass is 10.0. The van der Waals surface area contributed by atoms with E-state index in [2.05, 4.69) is 17.6 Å². The highest BCUT2D eigenvalue weighted by molar-refractivity contribution is 6.31. The number of amides is 1. The summed E-state index contributed by atoms with van der Waals surface area (Å²) >= 11 is 6.46. The number of ether oxygens (including phenoxy) is 2. The van der Waals surface area contributed by atoms with Crippen molar-refractivity contribution in [1.82, 2.24) is 19.8 Å². The molecule has 0 spiro atoms. The van der Waals surface area contributed by atoms with Crippen LogP contribution in [-0.4, -0.2) is 59.5 Å². The molecule has 7 nitrogen and oxygen atoms in total. The number of benzene rings is 1. The summed E-state index contributed by atoms with van der Waals surface area (Å²) in [5, 5.41) is 1.38. The Morgan fingerprint density at radius 1 is 1.19 bits per heavy atom. The molecular formula is C28H31ClN4O3. The van der Waals surface area contributed by atoms with Gasteiger partial charge in [-0.05, 0) is 38.0 Å². The van der Waals surface area contributed by atoms with E-state index in [0.717, 1.165) is 53.8 Å². The number of para-hydroxylation sites is 1. The van der Waals surface area contributed by atoms with Crippen LogP contribution < -0.4 is 9.47 Å². The molecule has 1 aliphatic rings. The molecule has 8 heteroatoms. The van der Waals surface area contributed by atoms with Gasteiger partial charge in [0.15, 0.2) is 6.61 Å². The van der Waals surface area contributed by atoms with Gasteiger partial charge in [0, 0.05) is 55.7 Å². The maximum absolute atomic E-state index is 12.4. The van der Waals surface area contributed by atoms with Gasteiger partial charge in [-0.1, -0.05) is 36.4 Å². The predicted molar refractivity (Wildman–Crippen MR) is 143 cm³/mol. The molecular weight excluding hydrogens is 476 g/mol. The van der Waals surface area contributed by atoms with Gasteiger partial charge in [0.1, 0.15) is 23.6 Å². The number of halogens is 1. The summed E-state index contributed by atoms with van der Waals surface area (Å²) in [6.07, 6.45) is 8.92. The van der Waals surface area contributed by atoms with E-state index in [1.807, 2.05) is 55.1 Å². The topological polar surface area (TPSA) is 67.8 Å². The highest BCUT2D eigenvalue weighted by Gasteiger charge is 2.20. The van der Waals surface area contributed by atoms with Crippen molar-refractivity contribution in [3.63, 3.8) is 0 Å². The lowest BCUT2D eigenvalue weighted by Gasteiger charge is -2.20. The first-order chi connectivity index (χ1) is 17.4. The summed E-state index contributed by atoms with van der Waals surface area (Å²) < 4.78 is 12.1. The van der Waals surface area contributed by atoms with Crippen LogP contribution in [0.25, 0.3) is 16.6 Å². The fourth-order valence-electron chi connectivity index (χ4n) is 4.33. The van der Waals surface area contributed by atoms with Crippen LogP contribution in [0.1, 0.15) is 29.7 Å². The minimum Gasteiger partial charge on any atom is -0.486 e. The van der Waals surface area contributed by atoms with Crippen LogP contribution in [0.3, 0.4) is 0 Å². The molecule has 0 N–H and O–H groups in total. The second kappa shape index (κ2) is 11.4. The summed E-state index contributed by atoms with van der Waals surface area (Å²) in [6.45, 7) is 7.46. The highest BCUT2D eigenvalue weighted by Crippen LogP contribution is 2.33. The van der Waals surface area contributed by atoms with Gasteiger partial charge >= 0.3 is 0 Å². The van der Waals surface area contributed by atoms with Gasteiger partial charge in [-0.3, -0.25) is 9.78 Å². The van der Waals surface area contributed by atoms with E-state index < -0.39 is 0 Å². The lowest BCUT2D eigenvalue weighted by molar-refractivity contribution is -0.132. The van der Waals surface area contributed by atoms with Crippen molar-refractivity contribution in [2.75, 3.05) is 33.8 Å². The Bertz CT molecular complexity index is 1300. The SMILES string of the molecule is C=C/C=C(/c1cc(C)nc2c(OCc3c(Cl)cncc3OCC(=O)N3CCCC3)cccc12)N(C)C. The molecule has 0 atom stereocenters. The largest absolute Gasteiger partial charge is 0.486 e. The average Bonchev–Trinajstić information content (AvgIpc) is 3.40. The second-order valence-corrected chi connectivity index (χ2v) is 9.32. The Morgan fingerprint density at radius 2 is 1.97 bits per heavy atom. The van der Waals surface area contributed by atoms with Crippen molar-refractivity contribution in [1.29, 1.82) is 0 Å². The summed E-state index contributed by atoms with van der Waals surface area (Å²) in [4.78, 5) is 25.2. The summed E-state index contributed by atoms with van der Waals surface area (Å²) in [5.74, 6) is 1.02. The normalized spacial score (nSPS) is 13.7. The number of carbonyl (C=O) groups is 1. The number of allylic oxidation sites excluding steroid dienone is 2. The summed E-state index contributed by atoms with van der Waals surface area (Å²) in [7, 11) is 4.00. The van der Waals surface area contributed by atoms with Crippen molar-refractivity contribution in [2.45, 2.75) is 26.4 Å². The number of aryl methyl sites for hydroxylation is 1. The monoisotopic (exact) mass is 506 g/mol. The smallest absolute Gasteiger partial charge is 0.260 e. The summed E-state index contributed by atoms with van der Waals surface area (Å²) in [6, 6.07) is 7.92. The third-order valence-electron chi connectivity index (χ3n) is 6.11. The third-order valence-corrected chi connectivity index (χ3v) is 6.44. The quantitative estimate of drug-likeness (QED) is 0.369. The molecule has 1 aromatic carbocycles. The molecule has 1 amide bonds. The zero-order chi connectivity index (χ0) is 25.7. The standard InChI is InChI=1S/C28H31ClN4O3/c1-5-9-24(32(3)4)21-14-19(2)31-28-20(21)10-8-11-25(28)35-17-22-23(29)15-30-16-26(22)36-18-27(34)33-12-6-7-13-33/h5,8-11,14-16H,1,6-7,12-13,17-18H2,2-4H3/b24-9-. The molecule has 1 saturated heterocycles. The van der Waals surface area contributed by atoms with Crippen molar-refractivity contribution in [2.24, 2.45) is 0 Å². The van der Waals surface area contributed by atoms with Gasteiger partial charge in [-0.2, -0.15) is 0 Å². The van der Waals surface area contributed by atoms with Gasteiger partial charge in [0.2, 0.25) is 0 Å². The van der Waals surface area contributed by atoms with Crippen molar-refractivity contribution >= 4 is 34.1 Å². The molecule has 0 bridgehead atoms. The molecule has 3 heterocycles. The van der Waals surface area contributed by atoms with Gasteiger partial charge in [0.05, 0.1) is 16.8 Å². The van der Waals surface area contributed by atoms with Crippen LogP contribution in [0.2, 0.25) is 5.02 Å². The Labute approximate surface area is 217 Å². The summed E-state index contributed by atoms with van der Waals surface area (Å²) in [5.41, 5.74) is 4.32. The third kappa shape index (κ3) is 5.62. The van der Waals surface area contributed by atoms with E-state index in [9.17, 15) is 4.79 Å². The molecule has 2 aromatic heterocycles. The molecule has 0 radical (unpaired) electrons. The minimum absolute atomic E-state index is 0.0372. The van der Waals surface area contributed by atoms with Crippen LogP contribution in [0.5, 0.6) is 11.5 Å². The number of nitrogens with zero attached hydrogens (tertiary/aromatic N) is 4. The predicted octanol–water partition coefficient (Wildman–Crippen LogP) is 5.26. The van der Waals surface area contributed by atoms with E-state index in [0.29, 0.717) is 22.1 Å². The molecule has 0 saturated carbocycles. The van der Waals surface area contributed by atoms with E-state index in [-0.39, 0.29) is 19.1 Å².